The van der Waals surface area contributed by atoms with Gasteiger partial charge in [-0.25, -0.2) is 9.67 Å². The second kappa shape index (κ2) is 5.31. The van der Waals surface area contributed by atoms with Gasteiger partial charge in [0, 0.05) is 18.4 Å². The number of rotatable bonds is 4. The molecule has 1 unspecified atom stereocenters. The molecule has 0 aliphatic heterocycles. The first-order valence-corrected chi connectivity index (χ1v) is 6.39. The van der Waals surface area contributed by atoms with Crippen molar-refractivity contribution < 1.29 is 5.11 Å². The fourth-order valence-electron chi connectivity index (χ4n) is 2.00. The molecule has 2 aromatic rings. The van der Waals surface area contributed by atoms with Gasteiger partial charge >= 0.3 is 0 Å². The van der Waals surface area contributed by atoms with Crippen LogP contribution in [-0.2, 0) is 12.8 Å². The highest BCUT2D eigenvalue weighted by Gasteiger charge is 2.14. The van der Waals surface area contributed by atoms with E-state index < -0.39 is 6.10 Å². The predicted molar refractivity (Wildman–Crippen MR) is 70.7 cm³/mol. The van der Waals surface area contributed by atoms with Crippen molar-refractivity contribution in [1.29, 1.82) is 0 Å². The number of hydrogen-bond donors (Lipinski definition) is 1. The summed E-state index contributed by atoms with van der Waals surface area (Å²) in [4.78, 5) is 4.49. The molecule has 1 heterocycles. The number of aromatic nitrogens is 3. The molecule has 1 aromatic carbocycles. The van der Waals surface area contributed by atoms with Crippen LogP contribution in [-0.4, -0.2) is 19.9 Å². The van der Waals surface area contributed by atoms with Gasteiger partial charge in [0.1, 0.15) is 5.82 Å². The van der Waals surface area contributed by atoms with Crippen LogP contribution in [0.4, 0.5) is 0 Å². The fourth-order valence-corrected chi connectivity index (χ4v) is 2.00. The topological polar surface area (TPSA) is 50.9 Å². The van der Waals surface area contributed by atoms with Crippen LogP contribution in [0, 0.1) is 0 Å². The molecule has 0 radical (unpaired) electrons. The Hall–Kier alpha value is -1.68. The van der Waals surface area contributed by atoms with Crippen LogP contribution in [0.3, 0.4) is 0 Å². The van der Waals surface area contributed by atoms with Gasteiger partial charge in [-0.1, -0.05) is 32.0 Å². The fraction of sp³-hybridized carbons (Fsp3) is 0.429. The lowest BCUT2D eigenvalue weighted by Crippen LogP contribution is -2.07. The number of hydrogen-bond acceptors (Lipinski definition) is 3. The molecule has 0 spiro atoms. The average Bonchev–Trinajstić information content (AvgIpc) is 2.81. The Labute approximate surface area is 107 Å². The van der Waals surface area contributed by atoms with Gasteiger partial charge in [0.25, 0.3) is 0 Å². The van der Waals surface area contributed by atoms with E-state index in [-0.39, 0.29) is 0 Å². The summed E-state index contributed by atoms with van der Waals surface area (Å²) >= 11 is 0. The maximum Gasteiger partial charge on any atom is 0.151 e. The van der Waals surface area contributed by atoms with Gasteiger partial charge in [0.2, 0.25) is 0 Å². The molecule has 0 saturated heterocycles. The van der Waals surface area contributed by atoms with Gasteiger partial charge in [-0.2, -0.15) is 5.10 Å². The van der Waals surface area contributed by atoms with Crippen LogP contribution in [0.25, 0.3) is 5.69 Å². The molecule has 0 aliphatic rings. The highest BCUT2D eigenvalue weighted by atomic mass is 16.3. The summed E-state index contributed by atoms with van der Waals surface area (Å²) in [6.45, 7) is 5.87. The van der Waals surface area contributed by atoms with Gasteiger partial charge in [0.15, 0.2) is 5.82 Å². The molecule has 1 aromatic heterocycles. The molecule has 0 bridgehead atoms. The molecule has 0 aliphatic carbocycles. The Kier molecular flexibility index (Phi) is 3.77. The van der Waals surface area contributed by atoms with Crippen molar-refractivity contribution in [2.45, 2.75) is 39.7 Å². The molecular weight excluding hydrogens is 226 g/mol. The quantitative estimate of drug-likeness (QED) is 0.900. The molecule has 0 amide bonds. The van der Waals surface area contributed by atoms with E-state index in [2.05, 4.69) is 17.0 Å². The summed E-state index contributed by atoms with van der Waals surface area (Å²) < 4.78 is 1.85. The Morgan fingerprint density at radius 1 is 1.22 bits per heavy atom. The van der Waals surface area contributed by atoms with Crippen molar-refractivity contribution in [2.75, 3.05) is 0 Å². The first kappa shape index (κ1) is 12.8. The average molecular weight is 245 g/mol. The van der Waals surface area contributed by atoms with Gasteiger partial charge in [-0.3, -0.25) is 0 Å². The third kappa shape index (κ3) is 2.29. The normalized spacial score (nSPS) is 12.7. The highest BCUT2D eigenvalue weighted by molar-refractivity contribution is 5.42. The third-order valence-corrected chi connectivity index (χ3v) is 2.97. The molecule has 2 rings (SSSR count). The van der Waals surface area contributed by atoms with Crippen LogP contribution < -0.4 is 0 Å². The van der Waals surface area contributed by atoms with Crippen LogP contribution in [0.1, 0.15) is 44.1 Å². The lowest BCUT2D eigenvalue weighted by molar-refractivity contribution is 0.199. The molecule has 96 valence electrons. The van der Waals surface area contributed by atoms with Crippen molar-refractivity contribution in [3.63, 3.8) is 0 Å². The minimum atomic E-state index is -0.514. The van der Waals surface area contributed by atoms with Gasteiger partial charge in [-0.05, 0) is 13.0 Å². The number of aryl methyl sites for hydroxylation is 2. The van der Waals surface area contributed by atoms with Crippen molar-refractivity contribution in [1.82, 2.24) is 14.8 Å². The largest absolute Gasteiger partial charge is 0.389 e. The molecular formula is C14H19N3O. The summed E-state index contributed by atoms with van der Waals surface area (Å²) in [6.07, 6.45) is 1.12. The summed E-state index contributed by atoms with van der Waals surface area (Å²) in [7, 11) is 0. The zero-order valence-corrected chi connectivity index (χ0v) is 11.1. The van der Waals surface area contributed by atoms with Crippen molar-refractivity contribution in [2.24, 2.45) is 0 Å². The van der Waals surface area contributed by atoms with E-state index in [9.17, 15) is 5.11 Å². The molecule has 18 heavy (non-hydrogen) atoms. The standard InChI is InChI=1S/C14H19N3O/c1-4-13-15-14(5-2)17(16-13)12-9-7-6-8-11(12)10(3)18/h6-10,18H,4-5H2,1-3H3. The van der Waals surface area contributed by atoms with Crippen molar-refractivity contribution >= 4 is 0 Å². The summed E-state index contributed by atoms with van der Waals surface area (Å²) in [6, 6.07) is 7.77. The second-order valence-corrected chi connectivity index (χ2v) is 4.30. The van der Waals surface area contributed by atoms with E-state index in [0.717, 1.165) is 35.7 Å². The van der Waals surface area contributed by atoms with E-state index >= 15 is 0 Å². The van der Waals surface area contributed by atoms with Crippen molar-refractivity contribution in [3.05, 3.63) is 41.5 Å². The Balaban J connectivity index is 2.57. The van der Waals surface area contributed by atoms with E-state index in [1.165, 1.54) is 0 Å². The molecule has 1 N–H and O–H groups in total. The lowest BCUT2D eigenvalue weighted by Gasteiger charge is -2.12. The third-order valence-electron chi connectivity index (χ3n) is 2.97. The first-order valence-electron chi connectivity index (χ1n) is 6.39. The number of aliphatic hydroxyl groups is 1. The number of para-hydroxylation sites is 1. The van der Waals surface area contributed by atoms with Crippen molar-refractivity contribution in [3.8, 4) is 5.69 Å². The maximum atomic E-state index is 9.83. The number of benzene rings is 1. The molecule has 0 fully saturated rings. The molecule has 0 saturated carbocycles. The lowest BCUT2D eigenvalue weighted by atomic mass is 10.1. The van der Waals surface area contributed by atoms with Crippen LogP contribution in [0.5, 0.6) is 0 Å². The Morgan fingerprint density at radius 3 is 2.56 bits per heavy atom. The first-order chi connectivity index (χ1) is 8.67. The SMILES string of the molecule is CCc1nc(CC)n(-c2ccccc2C(C)O)n1. The van der Waals surface area contributed by atoms with Crippen LogP contribution >= 0.6 is 0 Å². The monoisotopic (exact) mass is 245 g/mol. The maximum absolute atomic E-state index is 9.83. The molecule has 4 heteroatoms. The second-order valence-electron chi connectivity index (χ2n) is 4.30. The minimum absolute atomic E-state index is 0.514. The predicted octanol–water partition coefficient (Wildman–Crippen LogP) is 2.45. The Bertz CT molecular complexity index is 532. The zero-order chi connectivity index (χ0) is 13.1. The minimum Gasteiger partial charge on any atom is -0.389 e. The summed E-state index contributed by atoms with van der Waals surface area (Å²) in [5, 5.41) is 14.3. The van der Waals surface area contributed by atoms with E-state index in [1.54, 1.807) is 6.92 Å². The van der Waals surface area contributed by atoms with Gasteiger partial charge in [-0.15, -0.1) is 0 Å². The van der Waals surface area contributed by atoms with E-state index in [4.69, 9.17) is 0 Å². The summed E-state index contributed by atoms with van der Waals surface area (Å²) in [5.74, 6) is 1.77. The molecule has 4 nitrogen and oxygen atoms in total. The smallest absolute Gasteiger partial charge is 0.151 e. The summed E-state index contributed by atoms with van der Waals surface area (Å²) in [5.41, 5.74) is 1.79. The van der Waals surface area contributed by atoms with Gasteiger partial charge < -0.3 is 5.11 Å². The van der Waals surface area contributed by atoms with Crippen LogP contribution in [0.15, 0.2) is 24.3 Å². The zero-order valence-electron chi connectivity index (χ0n) is 11.1. The van der Waals surface area contributed by atoms with E-state index in [1.807, 2.05) is 35.9 Å². The number of nitrogens with zero attached hydrogens (tertiary/aromatic N) is 3. The Morgan fingerprint density at radius 2 is 1.94 bits per heavy atom. The molecule has 1 atom stereocenters. The number of aliphatic hydroxyl groups excluding tert-OH is 1. The van der Waals surface area contributed by atoms with Crippen LogP contribution in [0.2, 0.25) is 0 Å². The highest BCUT2D eigenvalue weighted by Crippen LogP contribution is 2.22. The van der Waals surface area contributed by atoms with Gasteiger partial charge in [0.05, 0.1) is 11.8 Å². The van der Waals surface area contributed by atoms with E-state index in [0.29, 0.717) is 0 Å².